The third-order valence-electron chi connectivity index (χ3n) is 5.47. The number of nitrogens with zero attached hydrogens (tertiary/aromatic N) is 1. The minimum absolute atomic E-state index is 0.00196. The van der Waals surface area contributed by atoms with E-state index in [1.54, 1.807) is 19.9 Å². The number of hydrogen-bond acceptors (Lipinski definition) is 5. The topological polar surface area (TPSA) is 87.8 Å². The molecule has 2 aliphatic heterocycles. The highest BCUT2D eigenvalue weighted by Gasteiger charge is 2.44. The molecular weight excluding hydrogens is 366 g/mol. The lowest BCUT2D eigenvalue weighted by Crippen LogP contribution is -2.50. The fourth-order valence-electron chi connectivity index (χ4n) is 4.09. The predicted molar refractivity (Wildman–Crippen MR) is 106 cm³/mol. The first-order valence-corrected chi connectivity index (χ1v) is 9.56. The van der Waals surface area contributed by atoms with Crippen LogP contribution in [0, 0.1) is 11.8 Å². The number of fused-ring (bicyclic) bond motifs is 2. The summed E-state index contributed by atoms with van der Waals surface area (Å²) in [4.78, 5) is 15.1. The quantitative estimate of drug-likeness (QED) is 0.540. The Bertz CT molecular complexity index is 789. The second-order valence-corrected chi connectivity index (χ2v) is 7.76. The van der Waals surface area contributed by atoms with E-state index in [-0.39, 0.29) is 36.2 Å². The first kappa shape index (κ1) is 19.8. The summed E-state index contributed by atoms with van der Waals surface area (Å²) in [6, 6.07) is 3.46. The van der Waals surface area contributed by atoms with Gasteiger partial charge in [-0.2, -0.15) is 0 Å². The molecule has 7 heteroatoms. The number of hydrogen-bond donors (Lipinski definition) is 3. The maximum Gasteiger partial charge on any atom is 0.255 e. The summed E-state index contributed by atoms with van der Waals surface area (Å²) in [6.07, 6.45) is 1.57. The van der Waals surface area contributed by atoms with E-state index in [1.807, 2.05) is 7.05 Å². The van der Waals surface area contributed by atoms with Crippen LogP contribution < -0.4 is 15.8 Å². The van der Waals surface area contributed by atoms with E-state index < -0.39 is 0 Å². The van der Waals surface area contributed by atoms with Crippen LogP contribution in [0.25, 0.3) is 0 Å². The molecule has 2 bridgehead atoms. The van der Waals surface area contributed by atoms with Gasteiger partial charge >= 0.3 is 0 Å². The number of amides is 1. The van der Waals surface area contributed by atoms with Crippen LogP contribution in [-0.4, -0.2) is 53.3 Å². The molecule has 0 aromatic heterocycles. The molecular formula is C20H26ClN3O3. The molecule has 0 aliphatic carbocycles. The molecule has 2 aliphatic rings. The maximum atomic E-state index is 12.9. The minimum Gasteiger partial charge on any atom is -0.477 e. The molecule has 146 valence electrons. The normalized spacial score (nSPS) is 28.2. The summed E-state index contributed by atoms with van der Waals surface area (Å²) in [5.74, 6) is 5.79. The average molecular weight is 392 g/mol. The van der Waals surface area contributed by atoms with E-state index in [9.17, 15) is 9.90 Å². The van der Waals surface area contributed by atoms with Crippen LogP contribution >= 0.6 is 11.6 Å². The van der Waals surface area contributed by atoms with Crippen molar-refractivity contribution in [3.05, 3.63) is 22.7 Å². The monoisotopic (exact) mass is 391 g/mol. The Morgan fingerprint density at radius 1 is 1.44 bits per heavy atom. The summed E-state index contributed by atoms with van der Waals surface area (Å²) < 4.78 is 5.80. The maximum absolute atomic E-state index is 12.9. The van der Waals surface area contributed by atoms with Gasteiger partial charge in [-0.3, -0.25) is 9.69 Å². The van der Waals surface area contributed by atoms with E-state index in [1.165, 1.54) is 6.07 Å². The Hall–Kier alpha value is -1.94. The zero-order valence-corrected chi connectivity index (χ0v) is 16.6. The molecule has 0 saturated carbocycles. The molecule has 1 aromatic carbocycles. The van der Waals surface area contributed by atoms with Crippen LogP contribution in [-0.2, 0) is 0 Å². The van der Waals surface area contributed by atoms with Crippen molar-refractivity contribution in [2.45, 2.75) is 63.4 Å². The van der Waals surface area contributed by atoms with Crippen LogP contribution in [0.3, 0.4) is 0 Å². The number of rotatable bonds is 4. The van der Waals surface area contributed by atoms with E-state index in [2.05, 4.69) is 22.1 Å². The molecule has 1 amide bonds. The number of carbonyl (C=O) groups excluding carboxylic acids is 1. The summed E-state index contributed by atoms with van der Waals surface area (Å²) in [7, 11) is 2.03. The Morgan fingerprint density at radius 3 is 2.85 bits per heavy atom. The number of nitrogen functional groups attached to an aromatic ring is 1. The van der Waals surface area contributed by atoms with Crippen molar-refractivity contribution in [2.75, 3.05) is 12.8 Å². The highest BCUT2D eigenvalue weighted by atomic mass is 35.5. The third-order valence-corrected chi connectivity index (χ3v) is 5.80. The van der Waals surface area contributed by atoms with E-state index in [4.69, 9.17) is 22.1 Å². The first-order valence-electron chi connectivity index (χ1n) is 9.19. The third kappa shape index (κ3) is 4.16. The summed E-state index contributed by atoms with van der Waals surface area (Å²) in [5, 5.41) is 13.6. The number of halogens is 1. The second-order valence-electron chi connectivity index (χ2n) is 7.36. The smallest absolute Gasteiger partial charge is 0.255 e. The standard InChI is InChI=1S/C20H26ClN3O3/c1-4-5-11(2)27-19-10-16(22)15(21)9-14(19)20(26)23-12-6-13-8-18(25)17(7-12)24(13)3/h9-13,17-18,25H,6-8,22H2,1-3H3,(H,23,26)/t11-,12+,13?,17?,18+/m0/s1. The number of carbonyl (C=O) groups is 1. The molecule has 5 atom stereocenters. The number of piperidine rings is 1. The lowest BCUT2D eigenvalue weighted by molar-refractivity contribution is 0.0770. The number of likely N-dealkylation sites (N-methyl/N-ethyl adjacent to an activating group) is 1. The van der Waals surface area contributed by atoms with Crippen molar-refractivity contribution in [1.82, 2.24) is 10.2 Å². The van der Waals surface area contributed by atoms with Crippen molar-refractivity contribution >= 4 is 23.2 Å². The number of nitrogens with one attached hydrogen (secondary N) is 1. The van der Waals surface area contributed by atoms with Crippen molar-refractivity contribution in [1.29, 1.82) is 0 Å². The number of benzene rings is 1. The second kappa shape index (κ2) is 7.97. The van der Waals surface area contributed by atoms with Crippen molar-refractivity contribution in [3.8, 4) is 17.6 Å². The lowest BCUT2D eigenvalue weighted by atomic mass is 9.97. The molecule has 27 heavy (non-hydrogen) atoms. The summed E-state index contributed by atoms with van der Waals surface area (Å²) >= 11 is 6.14. The van der Waals surface area contributed by atoms with Gasteiger partial charge in [-0.1, -0.05) is 17.5 Å². The van der Waals surface area contributed by atoms with Crippen LogP contribution in [0.2, 0.25) is 5.02 Å². The fourth-order valence-corrected chi connectivity index (χ4v) is 4.26. The fraction of sp³-hybridized carbons (Fsp3) is 0.550. The number of nitrogens with two attached hydrogens (primary N) is 1. The molecule has 2 unspecified atom stereocenters. The first-order chi connectivity index (χ1) is 12.8. The van der Waals surface area contributed by atoms with Crippen molar-refractivity contribution in [3.63, 3.8) is 0 Å². The zero-order chi connectivity index (χ0) is 19.7. The van der Waals surface area contributed by atoms with Crippen molar-refractivity contribution < 1.29 is 14.6 Å². The van der Waals surface area contributed by atoms with Gasteiger partial charge in [0.25, 0.3) is 5.91 Å². The van der Waals surface area contributed by atoms with Gasteiger partial charge in [-0.15, -0.1) is 5.92 Å². The number of anilines is 1. The Balaban J connectivity index is 1.78. The predicted octanol–water partition coefficient (Wildman–Crippen LogP) is 2.04. The number of aliphatic hydroxyl groups excluding tert-OH is 1. The molecule has 2 saturated heterocycles. The lowest BCUT2D eigenvalue weighted by Gasteiger charge is -2.36. The largest absolute Gasteiger partial charge is 0.477 e. The van der Waals surface area contributed by atoms with E-state index in [0.717, 1.165) is 19.3 Å². The minimum atomic E-state index is -0.378. The average Bonchev–Trinajstić information content (AvgIpc) is 2.76. The van der Waals surface area contributed by atoms with Gasteiger partial charge in [-0.25, -0.2) is 0 Å². The SMILES string of the molecule is CC#C[C@H](C)Oc1cc(N)c(Cl)cc1C(=O)N[C@@H]1CC2C[C@@H](O)C(C1)N2C. The molecule has 0 radical (unpaired) electrons. The highest BCUT2D eigenvalue weighted by Crippen LogP contribution is 2.35. The van der Waals surface area contributed by atoms with Crippen LogP contribution in [0.4, 0.5) is 5.69 Å². The number of ether oxygens (including phenoxy) is 1. The summed E-state index contributed by atoms with van der Waals surface area (Å²) in [6.45, 7) is 3.53. The molecule has 4 N–H and O–H groups in total. The van der Waals surface area contributed by atoms with Crippen molar-refractivity contribution in [2.24, 2.45) is 0 Å². The van der Waals surface area contributed by atoms with E-state index >= 15 is 0 Å². The van der Waals surface area contributed by atoms with Gasteiger partial charge in [0.2, 0.25) is 0 Å². The molecule has 3 rings (SSSR count). The summed E-state index contributed by atoms with van der Waals surface area (Å²) in [5.41, 5.74) is 6.57. The van der Waals surface area contributed by atoms with Gasteiger partial charge in [0, 0.05) is 24.2 Å². The molecule has 6 nitrogen and oxygen atoms in total. The number of aliphatic hydroxyl groups is 1. The van der Waals surface area contributed by atoms with Gasteiger partial charge in [0.05, 0.1) is 22.4 Å². The Morgan fingerprint density at radius 2 is 2.19 bits per heavy atom. The Kier molecular flexibility index (Phi) is 5.85. The molecule has 0 spiro atoms. The van der Waals surface area contributed by atoms with Crippen LogP contribution in [0.1, 0.15) is 43.5 Å². The van der Waals surface area contributed by atoms with Gasteiger partial charge < -0.3 is 20.9 Å². The zero-order valence-electron chi connectivity index (χ0n) is 15.8. The van der Waals surface area contributed by atoms with Crippen LogP contribution in [0.5, 0.6) is 5.75 Å². The Labute approximate surface area is 165 Å². The highest BCUT2D eigenvalue weighted by molar-refractivity contribution is 6.33. The van der Waals surface area contributed by atoms with Crippen LogP contribution in [0.15, 0.2) is 12.1 Å². The molecule has 2 fully saturated rings. The molecule has 1 aromatic rings. The molecule has 2 heterocycles. The van der Waals surface area contributed by atoms with Gasteiger partial charge in [0.15, 0.2) is 6.10 Å². The van der Waals surface area contributed by atoms with Gasteiger partial charge in [-0.05, 0) is 46.2 Å². The van der Waals surface area contributed by atoms with Gasteiger partial charge in [0.1, 0.15) is 5.75 Å². The van der Waals surface area contributed by atoms with E-state index in [0.29, 0.717) is 22.0 Å².